The molecular weight excluding hydrogens is 350 g/mol. The maximum absolute atomic E-state index is 4.82. The molecule has 1 aliphatic heterocycles. The van der Waals surface area contributed by atoms with Crippen molar-refractivity contribution in [2.45, 2.75) is 52.2 Å². The van der Waals surface area contributed by atoms with Crippen molar-refractivity contribution in [2.75, 3.05) is 5.32 Å². The standard InChI is InChI=1S/C21H23N7/c1-13-15-4-2-3-5-17(15)26-19(25-13)12-24-21-16-10-23-11-18(16)27-20(28-21)14-6-8-22-9-7-14/h6-9,23H,2-5,10-12H2,1H3,(H,24,27,28). The number of aromatic nitrogens is 5. The minimum absolute atomic E-state index is 0.563. The van der Waals surface area contributed by atoms with Crippen LogP contribution in [0.3, 0.4) is 0 Å². The van der Waals surface area contributed by atoms with Crippen LogP contribution >= 0.6 is 0 Å². The van der Waals surface area contributed by atoms with Gasteiger partial charge in [0, 0.05) is 48.0 Å². The predicted molar refractivity (Wildman–Crippen MR) is 107 cm³/mol. The first kappa shape index (κ1) is 17.2. The number of aryl methyl sites for hydroxylation is 2. The molecule has 0 amide bonds. The van der Waals surface area contributed by atoms with Crippen molar-refractivity contribution in [3.63, 3.8) is 0 Å². The van der Waals surface area contributed by atoms with Crippen molar-refractivity contribution in [1.29, 1.82) is 0 Å². The highest BCUT2D eigenvalue weighted by Gasteiger charge is 2.20. The van der Waals surface area contributed by atoms with Crippen molar-refractivity contribution in [2.24, 2.45) is 0 Å². The van der Waals surface area contributed by atoms with E-state index in [9.17, 15) is 0 Å². The lowest BCUT2D eigenvalue weighted by Gasteiger charge is -2.18. The molecule has 0 radical (unpaired) electrons. The average molecular weight is 373 g/mol. The molecule has 7 nitrogen and oxygen atoms in total. The Morgan fingerprint density at radius 1 is 0.929 bits per heavy atom. The first-order valence-corrected chi connectivity index (χ1v) is 9.88. The van der Waals surface area contributed by atoms with E-state index >= 15 is 0 Å². The fraction of sp³-hybridized carbons (Fsp3) is 0.381. The third kappa shape index (κ3) is 3.22. The Bertz CT molecular complexity index is 1020. The molecule has 3 aromatic heterocycles. The van der Waals surface area contributed by atoms with E-state index in [-0.39, 0.29) is 0 Å². The van der Waals surface area contributed by atoms with Gasteiger partial charge in [-0.15, -0.1) is 0 Å². The fourth-order valence-electron chi connectivity index (χ4n) is 4.03. The zero-order valence-corrected chi connectivity index (χ0v) is 16.0. The molecule has 0 saturated heterocycles. The Labute approximate surface area is 164 Å². The quantitative estimate of drug-likeness (QED) is 0.727. The van der Waals surface area contributed by atoms with E-state index in [1.54, 1.807) is 12.4 Å². The second-order valence-corrected chi connectivity index (χ2v) is 7.37. The van der Waals surface area contributed by atoms with E-state index in [1.165, 1.54) is 24.1 Å². The SMILES string of the molecule is Cc1nc(CNc2nc(-c3ccncc3)nc3c2CNC3)nc2c1CCCC2. The van der Waals surface area contributed by atoms with E-state index < -0.39 is 0 Å². The lowest BCUT2D eigenvalue weighted by Crippen LogP contribution is -2.15. The fourth-order valence-corrected chi connectivity index (χ4v) is 4.03. The summed E-state index contributed by atoms with van der Waals surface area (Å²) in [6.45, 7) is 4.20. The van der Waals surface area contributed by atoms with Gasteiger partial charge in [0.1, 0.15) is 11.6 Å². The Hall–Kier alpha value is -2.93. The van der Waals surface area contributed by atoms with Crippen LogP contribution in [0.15, 0.2) is 24.5 Å². The third-order valence-electron chi connectivity index (χ3n) is 5.48. The Morgan fingerprint density at radius 2 is 1.79 bits per heavy atom. The summed E-state index contributed by atoms with van der Waals surface area (Å²) in [6.07, 6.45) is 8.16. The van der Waals surface area contributed by atoms with Crippen LogP contribution in [-0.2, 0) is 32.5 Å². The molecule has 142 valence electrons. The number of hydrogen-bond acceptors (Lipinski definition) is 7. The van der Waals surface area contributed by atoms with Crippen molar-refractivity contribution >= 4 is 5.82 Å². The largest absolute Gasteiger partial charge is 0.362 e. The number of rotatable bonds is 4. The lowest BCUT2D eigenvalue weighted by atomic mass is 9.95. The molecule has 1 aliphatic carbocycles. The highest BCUT2D eigenvalue weighted by molar-refractivity contribution is 5.60. The molecule has 0 bridgehead atoms. The Morgan fingerprint density at radius 3 is 2.68 bits per heavy atom. The Kier molecular flexibility index (Phi) is 4.44. The summed E-state index contributed by atoms with van der Waals surface area (Å²) in [5.41, 5.74) is 6.84. The van der Waals surface area contributed by atoms with Crippen molar-refractivity contribution in [3.8, 4) is 11.4 Å². The normalized spacial score (nSPS) is 15.2. The van der Waals surface area contributed by atoms with Crippen LogP contribution in [0.1, 0.15) is 46.9 Å². The molecule has 4 heterocycles. The molecule has 0 saturated carbocycles. The summed E-state index contributed by atoms with van der Waals surface area (Å²) in [5.74, 6) is 2.41. The molecule has 5 rings (SSSR count). The summed E-state index contributed by atoms with van der Waals surface area (Å²) in [6, 6.07) is 3.87. The van der Waals surface area contributed by atoms with Crippen LogP contribution in [-0.4, -0.2) is 24.9 Å². The third-order valence-corrected chi connectivity index (χ3v) is 5.48. The van der Waals surface area contributed by atoms with E-state index in [4.69, 9.17) is 19.9 Å². The van der Waals surface area contributed by atoms with Crippen LogP contribution < -0.4 is 10.6 Å². The van der Waals surface area contributed by atoms with Crippen LogP contribution in [0.25, 0.3) is 11.4 Å². The first-order valence-electron chi connectivity index (χ1n) is 9.88. The molecule has 0 aromatic carbocycles. The average Bonchev–Trinajstić information content (AvgIpc) is 3.21. The van der Waals surface area contributed by atoms with Gasteiger partial charge in [-0.2, -0.15) is 0 Å². The lowest BCUT2D eigenvalue weighted by molar-refractivity contribution is 0.648. The minimum Gasteiger partial charge on any atom is -0.362 e. The second kappa shape index (κ2) is 7.24. The highest BCUT2D eigenvalue weighted by Crippen LogP contribution is 2.26. The maximum atomic E-state index is 4.82. The minimum atomic E-state index is 0.563. The van der Waals surface area contributed by atoms with E-state index in [0.29, 0.717) is 6.54 Å². The van der Waals surface area contributed by atoms with Gasteiger partial charge in [-0.1, -0.05) is 0 Å². The number of anilines is 1. The maximum Gasteiger partial charge on any atom is 0.161 e. The number of pyridine rings is 1. The van der Waals surface area contributed by atoms with Crippen molar-refractivity contribution in [1.82, 2.24) is 30.2 Å². The zero-order valence-electron chi connectivity index (χ0n) is 16.0. The van der Waals surface area contributed by atoms with E-state index in [1.807, 2.05) is 12.1 Å². The van der Waals surface area contributed by atoms with Gasteiger partial charge in [0.25, 0.3) is 0 Å². The molecule has 3 aromatic rings. The Balaban J connectivity index is 1.44. The summed E-state index contributed by atoms with van der Waals surface area (Å²) in [7, 11) is 0. The topological polar surface area (TPSA) is 88.5 Å². The van der Waals surface area contributed by atoms with Crippen molar-refractivity contribution in [3.05, 3.63) is 58.6 Å². The molecule has 2 N–H and O–H groups in total. The highest BCUT2D eigenvalue weighted by atomic mass is 15.1. The predicted octanol–water partition coefficient (Wildman–Crippen LogP) is 2.73. The number of nitrogens with one attached hydrogen (secondary N) is 2. The van der Waals surface area contributed by atoms with E-state index in [0.717, 1.165) is 65.9 Å². The van der Waals surface area contributed by atoms with Gasteiger partial charge in [0.2, 0.25) is 0 Å². The van der Waals surface area contributed by atoms with Crippen LogP contribution in [0.5, 0.6) is 0 Å². The molecule has 0 spiro atoms. The molecule has 0 fully saturated rings. The van der Waals surface area contributed by atoms with Gasteiger partial charge in [0.15, 0.2) is 5.82 Å². The van der Waals surface area contributed by atoms with E-state index in [2.05, 4.69) is 22.5 Å². The van der Waals surface area contributed by atoms with Gasteiger partial charge in [-0.3, -0.25) is 4.98 Å². The van der Waals surface area contributed by atoms with Gasteiger partial charge in [-0.25, -0.2) is 19.9 Å². The van der Waals surface area contributed by atoms with Crippen LogP contribution in [0.4, 0.5) is 5.82 Å². The molecule has 7 heteroatoms. The number of hydrogen-bond donors (Lipinski definition) is 2. The number of nitrogens with zero attached hydrogens (tertiary/aromatic N) is 5. The smallest absolute Gasteiger partial charge is 0.161 e. The second-order valence-electron chi connectivity index (χ2n) is 7.37. The van der Waals surface area contributed by atoms with Gasteiger partial charge in [-0.05, 0) is 50.3 Å². The van der Waals surface area contributed by atoms with Crippen LogP contribution in [0.2, 0.25) is 0 Å². The van der Waals surface area contributed by atoms with Gasteiger partial charge >= 0.3 is 0 Å². The molecular formula is C21H23N7. The molecule has 2 aliphatic rings. The monoisotopic (exact) mass is 373 g/mol. The summed E-state index contributed by atoms with van der Waals surface area (Å²) in [4.78, 5) is 23.2. The first-order chi connectivity index (χ1) is 13.8. The number of fused-ring (bicyclic) bond motifs is 2. The zero-order chi connectivity index (χ0) is 18.9. The summed E-state index contributed by atoms with van der Waals surface area (Å²) in [5, 5.41) is 6.84. The molecule has 28 heavy (non-hydrogen) atoms. The molecule has 0 unspecified atom stereocenters. The van der Waals surface area contributed by atoms with Crippen molar-refractivity contribution < 1.29 is 0 Å². The van der Waals surface area contributed by atoms with Crippen LogP contribution in [0, 0.1) is 6.92 Å². The summed E-state index contributed by atoms with van der Waals surface area (Å²) < 4.78 is 0. The van der Waals surface area contributed by atoms with Gasteiger partial charge in [0.05, 0.1) is 12.2 Å². The van der Waals surface area contributed by atoms with Gasteiger partial charge < -0.3 is 10.6 Å². The molecule has 0 atom stereocenters. The summed E-state index contributed by atoms with van der Waals surface area (Å²) >= 11 is 0.